The second-order valence-corrected chi connectivity index (χ2v) is 10.6. The molecule has 38 heavy (non-hydrogen) atoms. The Kier molecular flexibility index (Phi) is 6.55. The average molecular weight is 525 g/mol. The topological polar surface area (TPSA) is 83.6 Å². The first-order valence-electron chi connectivity index (χ1n) is 12.8. The average Bonchev–Trinajstić information content (AvgIpc) is 3.70. The van der Waals surface area contributed by atoms with E-state index in [9.17, 15) is 9.59 Å². The lowest BCUT2D eigenvalue weighted by Crippen LogP contribution is -2.33. The summed E-state index contributed by atoms with van der Waals surface area (Å²) >= 11 is 1.50. The minimum absolute atomic E-state index is 0.00220. The highest BCUT2D eigenvalue weighted by molar-refractivity contribution is 7.17. The van der Waals surface area contributed by atoms with Crippen LogP contribution in [0.25, 0.3) is 10.4 Å². The molecule has 0 saturated heterocycles. The van der Waals surface area contributed by atoms with Crippen molar-refractivity contribution in [2.24, 2.45) is 0 Å². The minimum atomic E-state index is -0.153. The number of methoxy groups -OCH3 is 1. The molecule has 2 aromatic heterocycles. The van der Waals surface area contributed by atoms with Crippen LogP contribution < -0.4 is 20.3 Å². The molecule has 7 nitrogen and oxygen atoms in total. The summed E-state index contributed by atoms with van der Waals surface area (Å²) in [4.78, 5) is 34.7. The maximum atomic E-state index is 13.8. The number of para-hydroxylation sites is 2. The van der Waals surface area contributed by atoms with Crippen molar-refractivity contribution in [1.29, 1.82) is 0 Å². The van der Waals surface area contributed by atoms with E-state index in [0.717, 1.165) is 50.7 Å². The van der Waals surface area contributed by atoms with E-state index >= 15 is 0 Å². The molecule has 2 aromatic carbocycles. The lowest BCUT2D eigenvalue weighted by Gasteiger charge is -2.23. The van der Waals surface area contributed by atoms with Crippen molar-refractivity contribution < 1.29 is 14.3 Å². The van der Waals surface area contributed by atoms with Gasteiger partial charge >= 0.3 is 0 Å². The van der Waals surface area contributed by atoms with Crippen molar-refractivity contribution in [2.45, 2.75) is 31.8 Å². The van der Waals surface area contributed by atoms with Crippen LogP contribution in [0.1, 0.15) is 44.1 Å². The normalized spacial score (nSPS) is 14.2. The Labute approximate surface area is 225 Å². The van der Waals surface area contributed by atoms with E-state index < -0.39 is 0 Å². The van der Waals surface area contributed by atoms with Crippen molar-refractivity contribution in [2.75, 3.05) is 23.9 Å². The van der Waals surface area contributed by atoms with Crippen molar-refractivity contribution in [3.05, 3.63) is 94.5 Å². The number of nitrogens with zero attached hydrogens (tertiary/aromatic N) is 2. The molecule has 0 unspecified atom stereocenters. The van der Waals surface area contributed by atoms with Crippen LogP contribution in [0.4, 0.5) is 11.5 Å². The number of pyridine rings is 1. The Bertz CT molecular complexity index is 1510. The minimum Gasteiger partial charge on any atom is -0.496 e. The van der Waals surface area contributed by atoms with Gasteiger partial charge in [0, 0.05) is 35.1 Å². The Morgan fingerprint density at radius 2 is 1.87 bits per heavy atom. The first kappa shape index (κ1) is 24.2. The van der Waals surface area contributed by atoms with Crippen molar-refractivity contribution >= 4 is 34.7 Å². The second-order valence-electron chi connectivity index (χ2n) is 9.51. The van der Waals surface area contributed by atoms with Crippen LogP contribution in [0.15, 0.2) is 72.8 Å². The summed E-state index contributed by atoms with van der Waals surface area (Å²) in [5, 5.41) is 6.40. The molecule has 8 heteroatoms. The Hall–Kier alpha value is -4.17. The van der Waals surface area contributed by atoms with Crippen LogP contribution in [0, 0.1) is 0 Å². The molecular weight excluding hydrogens is 496 g/mol. The monoisotopic (exact) mass is 524 g/mol. The number of carbonyl (C=O) groups excluding carboxylic acids is 2. The summed E-state index contributed by atoms with van der Waals surface area (Å²) in [5.41, 5.74) is 4.28. The fourth-order valence-corrected chi connectivity index (χ4v) is 5.88. The number of rotatable bonds is 7. The van der Waals surface area contributed by atoms with Gasteiger partial charge in [-0.1, -0.05) is 42.5 Å². The SMILES string of the molecule is COc1ccccc1CNc1cccc(C(=O)N2CCc3cc(C(=O)NC4CC4)sc3-c3ccccc32)n1. The molecule has 0 spiro atoms. The van der Waals surface area contributed by atoms with Crippen LogP contribution in [0.3, 0.4) is 0 Å². The van der Waals surface area contributed by atoms with Crippen LogP contribution in [0.2, 0.25) is 0 Å². The molecule has 2 N–H and O–H groups in total. The van der Waals surface area contributed by atoms with Gasteiger partial charge < -0.3 is 20.3 Å². The van der Waals surface area contributed by atoms with E-state index in [-0.39, 0.29) is 11.8 Å². The molecular formula is C30H28N4O3S. The third-order valence-corrected chi connectivity index (χ3v) is 8.06. The standard InChI is InChI=1S/C30H28N4O3S/c1-37-25-11-5-2-7-20(25)18-31-27-12-6-9-23(33-27)30(36)34-16-15-19-17-26(29(35)32-21-13-14-21)38-28(19)22-8-3-4-10-24(22)34/h2-12,17,21H,13-16,18H2,1H3,(H,31,33)(H,32,35). The molecule has 192 valence electrons. The molecule has 0 atom stereocenters. The largest absolute Gasteiger partial charge is 0.496 e. The van der Waals surface area contributed by atoms with Crippen LogP contribution in [0.5, 0.6) is 5.75 Å². The third-order valence-electron chi connectivity index (χ3n) is 6.86. The van der Waals surface area contributed by atoms with E-state index in [1.807, 2.05) is 66.7 Å². The van der Waals surface area contributed by atoms with E-state index in [1.54, 1.807) is 18.1 Å². The summed E-state index contributed by atoms with van der Waals surface area (Å²) in [6.45, 7) is 1.03. The molecule has 1 aliphatic carbocycles. The van der Waals surface area contributed by atoms with Crippen molar-refractivity contribution in [3.63, 3.8) is 0 Å². The number of carbonyl (C=O) groups is 2. The number of ether oxygens (including phenoxy) is 1. The fourth-order valence-electron chi connectivity index (χ4n) is 4.73. The van der Waals surface area contributed by atoms with Gasteiger partial charge in [0.05, 0.1) is 17.7 Å². The molecule has 3 heterocycles. The number of fused-ring (bicyclic) bond motifs is 3. The molecule has 2 aliphatic rings. The maximum absolute atomic E-state index is 13.8. The third kappa shape index (κ3) is 4.87. The van der Waals surface area contributed by atoms with E-state index in [4.69, 9.17) is 4.74 Å². The smallest absolute Gasteiger partial charge is 0.276 e. The summed E-state index contributed by atoms with van der Waals surface area (Å²) in [5.74, 6) is 1.27. The fraction of sp³-hybridized carbons (Fsp3) is 0.233. The van der Waals surface area contributed by atoms with Gasteiger partial charge in [0.1, 0.15) is 17.3 Å². The number of hydrogen-bond donors (Lipinski definition) is 2. The van der Waals surface area contributed by atoms with Gasteiger partial charge in [-0.25, -0.2) is 4.98 Å². The first-order chi connectivity index (χ1) is 18.6. The lowest BCUT2D eigenvalue weighted by atomic mass is 10.1. The first-order valence-corrected chi connectivity index (χ1v) is 13.6. The molecule has 2 amide bonds. The van der Waals surface area contributed by atoms with Gasteiger partial charge in [0.2, 0.25) is 0 Å². The van der Waals surface area contributed by atoms with E-state index in [1.165, 1.54) is 11.3 Å². The number of amides is 2. The molecule has 1 aliphatic heterocycles. The molecule has 4 aromatic rings. The van der Waals surface area contributed by atoms with Gasteiger partial charge in [-0.15, -0.1) is 11.3 Å². The highest BCUT2D eigenvalue weighted by Gasteiger charge is 2.29. The highest BCUT2D eigenvalue weighted by atomic mass is 32.1. The van der Waals surface area contributed by atoms with Crippen molar-refractivity contribution in [3.8, 4) is 16.2 Å². The van der Waals surface area contributed by atoms with Gasteiger partial charge in [0.15, 0.2) is 0 Å². The molecule has 0 radical (unpaired) electrons. The second kappa shape index (κ2) is 10.3. The van der Waals surface area contributed by atoms with Gasteiger partial charge in [-0.05, 0) is 55.2 Å². The summed E-state index contributed by atoms with van der Waals surface area (Å²) in [6.07, 6.45) is 2.78. The molecule has 1 saturated carbocycles. The van der Waals surface area contributed by atoms with E-state index in [0.29, 0.717) is 37.1 Å². The zero-order valence-electron chi connectivity index (χ0n) is 21.1. The Morgan fingerprint density at radius 3 is 2.71 bits per heavy atom. The quantitative estimate of drug-likeness (QED) is 0.332. The zero-order valence-corrected chi connectivity index (χ0v) is 21.9. The number of nitrogens with one attached hydrogen (secondary N) is 2. The Morgan fingerprint density at radius 1 is 1.05 bits per heavy atom. The number of hydrogen-bond acceptors (Lipinski definition) is 6. The van der Waals surface area contributed by atoms with Crippen LogP contribution >= 0.6 is 11.3 Å². The van der Waals surface area contributed by atoms with E-state index in [2.05, 4.69) is 15.6 Å². The molecule has 0 bridgehead atoms. The summed E-state index contributed by atoms with van der Waals surface area (Å²) in [6, 6.07) is 23.5. The number of thiophene rings is 1. The number of anilines is 2. The van der Waals surface area contributed by atoms with Crippen molar-refractivity contribution in [1.82, 2.24) is 10.3 Å². The molecule has 1 fully saturated rings. The lowest BCUT2D eigenvalue weighted by molar-refractivity contribution is 0.0952. The molecule has 6 rings (SSSR count). The van der Waals surface area contributed by atoms with Gasteiger partial charge in [-0.3, -0.25) is 9.59 Å². The maximum Gasteiger partial charge on any atom is 0.276 e. The van der Waals surface area contributed by atoms with Gasteiger partial charge in [0.25, 0.3) is 11.8 Å². The predicted octanol–water partition coefficient (Wildman–Crippen LogP) is 5.53. The summed E-state index contributed by atoms with van der Waals surface area (Å²) in [7, 11) is 1.65. The predicted molar refractivity (Wildman–Crippen MR) is 150 cm³/mol. The Balaban J connectivity index is 1.24. The zero-order chi connectivity index (χ0) is 26.1. The van der Waals surface area contributed by atoms with Gasteiger partial charge in [-0.2, -0.15) is 0 Å². The number of benzene rings is 2. The van der Waals surface area contributed by atoms with Crippen LogP contribution in [-0.4, -0.2) is 36.5 Å². The highest BCUT2D eigenvalue weighted by Crippen LogP contribution is 2.42. The number of aromatic nitrogens is 1. The summed E-state index contributed by atoms with van der Waals surface area (Å²) < 4.78 is 5.44. The van der Waals surface area contributed by atoms with Crippen LogP contribution in [-0.2, 0) is 13.0 Å².